The Morgan fingerprint density at radius 3 is 1.46 bits per heavy atom. The van der Waals surface area contributed by atoms with Gasteiger partial charge in [-0.2, -0.15) is 0 Å². The second-order valence-electron chi connectivity index (χ2n) is 4.06. The van der Waals surface area contributed by atoms with E-state index in [1.165, 1.54) is 25.9 Å². The number of hydrogen-bond acceptors (Lipinski definition) is 2. The van der Waals surface area contributed by atoms with E-state index >= 15 is 0 Å². The summed E-state index contributed by atoms with van der Waals surface area (Å²) in [6.45, 7) is 2.57. The molecular weight excluding hydrogens is 267 g/mol. The van der Waals surface area contributed by atoms with Gasteiger partial charge in [-0.25, -0.2) is 0 Å². The molecule has 0 atom stereocenters. The first-order chi connectivity index (χ1) is 6.13. The summed E-state index contributed by atoms with van der Waals surface area (Å²) in [6, 6.07) is 0. The van der Waals surface area contributed by atoms with Crippen molar-refractivity contribution in [1.29, 1.82) is 0 Å². The van der Waals surface area contributed by atoms with Crippen LogP contribution in [-0.4, -0.2) is 72.2 Å². The van der Waals surface area contributed by atoms with E-state index in [0.29, 0.717) is 0 Å². The Morgan fingerprint density at radius 2 is 1.15 bits per heavy atom. The third-order valence-electron chi connectivity index (χ3n) is 1.92. The molecule has 0 unspecified atom stereocenters. The summed E-state index contributed by atoms with van der Waals surface area (Å²) in [6.07, 6.45) is 2.86. The predicted molar refractivity (Wildman–Crippen MR) is 61.7 cm³/mol. The van der Waals surface area contributed by atoms with E-state index in [1.807, 2.05) is 0 Å². The molecule has 0 amide bonds. The first-order valence-corrected chi connectivity index (χ1v) is 9.16. The second-order valence-corrected chi connectivity index (χ2v) is 8.34. The molecule has 0 spiro atoms. The summed E-state index contributed by atoms with van der Waals surface area (Å²) >= 11 is 0.0184. The summed E-state index contributed by atoms with van der Waals surface area (Å²) in [7, 11) is 8.66. The van der Waals surface area contributed by atoms with Crippen LogP contribution in [0.25, 0.3) is 0 Å². The topological polar surface area (TPSA) is 6.48 Å². The van der Waals surface area contributed by atoms with E-state index in [2.05, 4.69) is 38.0 Å². The van der Waals surface area contributed by atoms with E-state index in [4.69, 9.17) is 0 Å². The molecule has 0 saturated heterocycles. The number of hydrogen-bond donors (Lipinski definition) is 0. The van der Waals surface area contributed by atoms with Gasteiger partial charge in [-0.15, -0.1) is 0 Å². The van der Waals surface area contributed by atoms with E-state index in [0.717, 1.165) is 0 Å². The van der Waals surface area contributed by atoms with Crippen molar-refractivity contribution < 1.29 is 0 Å². The van der Waals surface area contributed by atoms with Crippen LogP contribution in [-0.2, 0) is 0 Å². The van der Waals surface area contributed by atoms with Crippen molar-refractivity contribution >= 4 is 21.1 Å². The monoisotopic (exact) mass is 292 g/mol. The molecular formula is C10H24N2Sn. The van der Waals surface area contributed by atoms with Crippen molar-refractivity contribution in [3.8, 4) is 0 Å². The Hall–Kier alpha value is 0.719. The van der Waals surface area contributed by atoms with Crippen molar-refractivity contribution in [2.75, 3.05) is 41.3 Å². The Bertz CT molecular complexity index is 93.1. The summed E-state index contributed by atoms with van der Waals surface area (Å²) in [4.78, 5) is 4.58. The fourth-order valence-electron chi connectivity index (χ4n) is 1.17. The molecule has 3 heteroatoms. The van der Waals surface area contributed by atoms with Crippen molar-refractivity contribution in [3.05, 3.63) is 0 Å². The van der Waals surface area contributed by atoms with Gasteiger partial charge in [0.05, 0.1) is 0 Å². The van der Waals surface area contributed by atoms with Crippen LogP contribution in [0.15, 0.2) is 0 Å². The van der Waals surface area contributed by atoms with Crippen molar-refractivity contribution in [2.24, 2.45) is 0 Å². The molecule has 0 bridgehead atoms. The number of nitrogens with zero attached hydrogens (tertiary/aromatic N) is 2. The molecule has 0 saturated carbocycles. The summed E-state index contributed by atoms with van der Waals surface area (Å²) in [5.74, 6) is 0. The Balaban J connectivity index is 2.92. The van der Waals surface area contributed by atoms with E-state index in [9.17, 15) is 0 Å². The summed E-state index contributed by atoms with van der Waals surface area (Å²) in [5, 5.41) is 0. The molecule has 2 radical (unpaired) electrons. The minimum atomic E-state index is 0.0184. The first kappa shape index (κ1) is 13.7. The Kier molecular flexibility index (Phi) is 9.79. The van der Waals surface area contributed by atoms with Gasteiger partial charge in [0, 0.05) is 0 Å². The van der Waals surface area contributed by atoms with Gasteiger partial charge < -0.3 is 0 Å². The van der Waals surface area contributed by atoms with Crippen molar-refractivity contribution in [1.82, 2.24) is 9.80 Å². The molecule has 0 aliphatic rings. The van der Waals surface area contributed by atoms with Gasteiger partial charge in [0.25, 0.3) is 0 Å². The maximum atomic E-state index is 2.29. The van der Waals surface area contributed by atoms with Gasteiger partial charge in [-0.1, -0.05) is 0 Å². The number of rotatable bonds is 8. The average molecular weight is 291 g/mol. The van der Waals surface area contributed by atoms with Gasteiger partial charge in [0.15, 0.2) is 0 Å². The average Bonchev–Trinajstić information content (AvgIpc) is 2.01. The second kappa shape index (κ2) is 9.28. The molecule has 0 N–H and O–H groups in total. The predicted octanol–water partition coefficient (Wildman–Crippen LogP) is 1.43. The zero-order chi connectivity index (χ0) is 10.1. The van der Waals surface area contributed by atoms with Crippen molar-refractivity contribution in [3.63, 3.8) is 0 Å². The normalized spacial score (nSPS) is 11.5. The fraction of sp³-hybridized carbons (Fsp3) is 1.00. The fourth-order valence-corrected chi connectivity index (χ4v) is 4.21. The molecule has 0 fully saturated rings. The van der Waals surface area contributed by atoms with Gasteiger partial charge in [0.1, 0.15) is 0 Å². The SMILES string of the molecule is CN(C)CC[CH2][Sn][CH2]CCN(C)C. The van der Waals surface area contributed by atoms with Gasteiger partial charge in [0.2, 0.25) is 0 Å². The van der Waals surface area contributed by atoms with Crippen LogP contribution in [0.2, 0.25) is 8.87 Å². The van der Waals surface area contributed by atoms with Gasteiger partial charge >= 0.3 is 93.9 Å². The molecule has 2 nitrogen and oxygen atoms in total. The first-order valence-electron chi connectivity index (χ1n) is 5.13. The third kappa shape index (κ3) is 12.7. The van der Waals surface area contributed by atoms with Gasteiger partial charge in [-0.3, -0.25) is 0 Å². The molecule has 13 heavy (non-hydrogen) atoms. The van der Waals surface area contributed by atoms with Crippen LogP contribution in [0.3, 0.4) is 0 Å². The summed E-state index contributed by atoms with van der Waals surface area (Å²) < 4.78 is 3.13. The quantitative estimate of drug-likeness (QED) is 0.493. The maximum absolute atomic E-state index is 2.29. The third-order valence-corrected chi connectivity index (χ3v) is 5.95. The molecule has 0 aromatic heterocycles. The molecule has 0 aliphatic carbocycles. The standard InChI is InChI=1S/2C5H12N.Sn/c2*1-4-5-6(2)3;/h2*1,4-5H2,2-3H3;. The van der Waals surface area contributed by atoms with Crippen LogP contribution < -0.4 is 0 Å². The summed E-state index contributed by atoms with van der Waals surface area (Å²) in [5.41, 5.74) is 0. The zero-order valence-corrected chi connectivity index (χ0v) is 12.5. The van der Waals surface area contributed by atoms with Crippen LogP contribution in [0, 0.1) is 0 Å². The van der Waals surface area contributed by atoms with Crippen LogP contribution in [0.4, 0.5) is 0 Å². The van der Waals surface area contributed by atoms with E-state index in [1.54, 1.807) is 8.87 Å². The Labute approximate surface area is 93.9 Å². The van der Waals surface area contributed by atoms with E-state index in [-0.39, 0.29) is 21.1 Å². The molecule has 0 aromatic rings. The van der Waals surface area contributed by atoms with Crippen molar-refractivity contribution in [2.45, 2.75) is 21.7 Å². The molecule has 0 aliphatic heterocycles. The van der Waals surface area contributed by atoms with Gasteiger partial charge in [-0.05, 0) is 0 Å². The van der Waals surface area contributed by atoms with E-state index < -0.39 is 0 Å². The molecule has 0 rings (SSSR count). The minimum absolute atomic E-state index is 0.0184. The van der Waals surface area contributed by atoms with Crippen LogP contribution in [0.1, 0.15) is 12.8 Å². The van der Waals surface area contributed by atoms with Crippen LogP contribution >= 0.6 is 0 Å². The Morgan fingerprint density at radius 1 is 0.769 bits per heavy atom. The molecule has 0 aromatic carbocycles. The molecule has 78 valence electrons. The molecule has 0 heterocycles. The van der Waals surface area contributed by atoms with Crippen LogP contribution in [0.5, 0.6) is 0 Å². The zero-order valence-electron chi connectivity index (χ0n) is 9.64.